The number of fused-ring (bicyclic) bond motifs is 1. The molecule has 1 amide bonds. The number of hydrogen-bond acceptors (Lipinski definition) is 5. The van der Waals surface area contributed by atoms with E-state index in [1.165, 1.54) is 0 Å². The standard InChI is InChI=1S/C27H29N7O2/c1-27(2,3)24-17-32(9-10-33(24)26(35)36)22-7-5-18(6-8-22)23-11-19(21-14-29-31(4)15-21)16-34-25(23)20(12-28)13-30-34/h5-8,11,13-16,24H,9-10,17H2,1-4H3,(H,35,36). The van der Waals surface area contributed by atoms with E-state index < -0.39 is 6.09 Å². The minimum atomic E-state index is -0.864. The molecule has 1 fully saturated rings. The average Bonchev–Trinajstić information content (AvgIpc) is 3.48. The van der Waals surface area contributed by atoms with Crippen molar-refractivity contribution in [2.24, 2.45) is 12.5 Å². The van der Waals surface area contributed by atoms with Gasteiger partial charge in [0.2, 0.25) is 0 Å². The van der Waals surface area contributed by atoms with Crippen LogP contribution in [0.1, 0.15) is 26.3 Å². The van der Waals surface area contributed by atoms with E-state index in [9.17, 15) is 15.2 Å². The molecule has 3 aromatic heterocycles. The Kier molecular flexibility index (Phi) is 5.67. The molecular weight excluding hydrogens is 454 g/mol. The predicted octanol–water partition coefficient (Wildman–Crippen LogP) is 4.49. The van der Waals surface area contributed by atoms with Gasteiger partial charge in [-0.25, -0.2) is 9.31 Å². The highest BCUT2D eigenvalue weighted by Gasteiger charge is 2.38. The fourth-order valence-corrected chi connectivity index (χ4v) is 4.99. The summed E-state index contributed by atoms with van der Waals surface area (Å²) in [7, 11) is 1.88. The summed E-state index contributed by atoms with van der Waals surface area (Å²) in [4.78, 5) is 15.6. The van der Waals surface area contributed by atoms with E-state index in [1.807, 2.05) is 25.6 Å². The first kappa shape index (κ1) is 23.4. The van der Waals surface area contributed by atoms with Crippen molar-refractivity contribution in [2.45, 2.75) is 26.8 Å². The molecule has 36 heavy (non-hydrogen) atoms. The average molecular weight is 484 g/mol. The zero-order valence-corrected chi connectivity index (χ0v) is 20.9. The fourth-order valence-electron chi connectivity index (χ4n) is 4.99. The van der Waals surface area contributed by atoms with Gasteiger partial charge in [-0.3, -0.25) is 4.68 Å². The topological polar surface area (TPSA) is 103 Å². The van der Waals surface area contributed by atoms with E-state index in [0.29, 0.717) is 25.2 Å². The van der Waals surface area contributed by atoms with Crippen LogP contribution in [0.15, 0.2) is 55.1 Å². The monoisotopic (exact) mass is 483 g/mol. The van der Waals surface area contributed by atoms with Gasteiger partial charge < -0.3 is 14.9 Å². The van der Waals surface area contributed by atoms with Crippen molar-refractivity contribution in [3.05, 3.63) is 60.7 Å². The third-order valence-corrected chi connectivity index (χ3v) is 6.94. The van der Waals surface area contributed by atoms with Crippen LogP contribution in [-0.4, -0.2) is 61.2 Å². The number of rotatable bonds is 3. The normalized spacial score (nSPS) is 16.4. The quantitative estimate of drug-likeness (QED) is 0.461. The molecule has 0 spiro atoms. The van der Waals surface area contributed by atoms with Gasteiger partial charge in [0.1, 0.15) is 6.07 Å². The lowest BCUT2D eigenvalue weighted by Gasteiger charge is -2.46. The summed E-state index contributed by atoms with van der Waals surface area (Å²) >= 11 is 0. The number of amides is 1. The molecule has 1 atom stereocenters. The molecule has 9 nitrogen and oxygen atoms in total. The van der Waals surface area contributed by atoms with Crippen LogP contribution in [0.3, 0.4) is 0 Å². The van der Waals surface area contributed by atoms with Gasteiger partial charge in [-0.05, 0) is 29.2 Å². The van der Waals surface area contributed by atoms with E-state index >= 15 is 0 Å². The molecule has 0 radical (unpaired) electrons. The van der Waals surface area contributed by atoms with Crippen LogP contribution >= 0.6 is 0 Å². The number of carbonyl (C=O) groups is 1. The number of nitriles is 1. The Morgan fingerprint density at radius 2 is 1.81 bits per heavy atom. The minimum absolute atomic E-state index is 0.107. The van der Waals surface area contributed by atoms with Crippen molar-refractivity contribution < 1.29 is 9.90 Å². The molecule has 4 heterocycles. The molecule has 1 unspecified atom stereocenters. The van der Waals surface area contributed by atoms with Gasteiger partial charge in [-0.15, -0.1) is 0 Å². The van der Waals surface area contributed by atoms with E-state index in [0.717, 1.165) is 33.5 Å². The molecule has 1 aromatic carbocycles. The second-order valence-corrected chi connectivity index (χ2v) is 10.4. The zero-order valence-electron chi connectivity index (χ0n) is 20.9. The van der Waals surface area contributed by atoms with E-state index in [-0.39, 0.29) is 11.5 Å². The Labute approximate surface area is 209 Å². The number of hydrogen-bond donors (Lipinski definition) is 1. The minimum Gasteiger partial charge on any atom is -0.465 e. The molecule has 184 valence electrons. The second-order valence-electron chi connectivity index (χ2n) is 10.4. The van der Waals surface area contributed by atoms with Crippen LogP contribution < -0.4 is 4.90 Å². The van der Waals surface area contributed by atoms with Gasteiger partial charge in [0, 0.05) is 61.5 Å². The lowest BCUT2D eigenvalue weighted by molar-refractivity contribution is 0.0748. The number of piperazine rings is 1. The Morgan fingerprint density at radius 1 is 1.06 bits per heavy atom. The summed E-state index contributed by atoms with van der Waals surface area (Å²) in [6.45, 7) is 7.99. The third kappa shape index (κ3) is 4.15. The Morgan fingerprint density at radius 3 is 2.42 bits per heavy atom. The highest BCUT2D eigenvalue weighted by atomic mass is 16.4. The highest BCUT2D eigenvalue weighted by molar-refractivity contribution is 5.88. The molecule has 1 N–H and O–H groups in total. The third-order valence-electron chi connectivity index (χ3n) is 6.94. The number of benzene rings is 1. The number of aromatic nitrogens is 4. The van der Waals surface area contributed by atoms with Crippen LogP contribution in [0.25, 0.3) is 27.8 Å². The van der Waals surface area contributed by atoms with Crippen molar-refractivity contribution >= 4 is 17.3 Å². The van der Waals surface area contributed by atoms with Gasteiger partial charge in [-0.2, -0.15) is 15.5 Å². The van der Waals surface area contributed by atoms with Crippen molar-refractivity contribution in [1.82, 2.24) is 24.3 Å². The van der Waals surface area contributed by atoms with Crippen molar-refractivity contribution in [2.75, 3.05) is 24.5 Å². The number of pyridine rings is 1. The van der Waals surface area contributed by atoms with Gasteiger partial charge in [0.15, 0.2) is 0 Å². The fraction of sp³-hybridized carbons (Fsp3) is 0.333. The number of carboxylic acid groups (broad SMARTS) is 1. The molecule has 4 aromatic rings. The van der Waals surface area contributed by atoms with Crippen molar-refractivity contribution in [3.63, 3.8) is 0 Å². The molecular formula is C27H29N7O2. The number of aryl methyl sites for hydroxylation is 1. The summed E-state index contributed by atoms with van der Waals surface area (Å²) in [5, 5.41) is 28.1. The molecule has 9 heteroatoms. The van der Waals surface area contributed by atoms with Crippen molar-refractivity contribution in [3.8, 4) is 28.3 Å². The van der Waals surface area contributed by atoms with E-state index in [4.69, 9.17) is 0 Å². The van der Waals surface area contributed by atoms with Crippen LogP contribution in [0.2, 0.25) is 0 Å². The highest BCUT2D eigenvalue weighted by Crippen LogP contribution is 2.34. The summed E-state index contributed by atoms with van der Waals surface area (Å²) in [6.07, 6.45) is 6.40. The van der Waals surface area contributed by atoms with Crippen LogP contribution in [-0.2, 0) is 7.05 Å². The van der Waals surface area contributed by atoms with E-state index in [1.54, 1.807) is 20.3 Å². The molecule has 1 aliphatic heterocycles. The number of anilines is 1. The van der Waals surface area contributed by atoms with Crippen molar-refractivity contribution in [1.29, 1.82) is 5.26 Å². The van der Waals surface area contributed by atoms with E-state index in [2.05, 4.69) is 72.3 Å². The molecule has 0 aliphatic carbocycles. The van der Waals surface area contributed by atoms with Crippen LogP contribution in [0, 0.1) is 16.7 Å². The Hall–Kier alpha value is -4.32. The second kappa shape index (κ2) is 8.72. The summed E-state index contributed by atoms with van der Waals surface area (Å²) in [6, 6.07) is 12.5. The van der Waals surface area contributed by atoms with Gasteiger partial charge in [-0.1, -0.05) is 32.9 Å². The number of nitrogens with zero attached hydrogens (tertiary/aromatic N) is 7. The molecule has 1 saturated heterocycles. The predicted molar refractivity (Wildman–Crippen MR) is 138 cm³/mol. The first-order valence-electron chi connectivity index (χ1n) is 11.9. The molecule has 0 bridgehead atoms. The van der Waals surface area contributed by atoms with Gasteiger partial charge in [0.05, 0.1) is 29.5 Å². The Balaban J connectivity index is 1.51. The largest absolute Gasteiger partial charge is 0.465 e. The summed E-state index contributed by atoms with van der Waals surface area (Å²) in [5.41, 5.74) is 5.97. The first-order chi connectivity index (χ1) is 17.2. The summed E-state index contributed by atoms with van der Waals surface area (Å²) in [5.74, 6) is 0. The molecule has 1 aliphatic rings. The van der Waals surface area contributed by atoms with Gasteiger partial charge in [0.25, 0.3) is 0 Å². The zero-order chi connectivity index (χ0) is 25.6. The maximum Gasteiger partial charge on any atom is 0.407 e. The van der Waals surface area contributed by atoms with Crippen LogP contribution in [0.5, 0.6) is 0 Å². The maximum absolute atomic E-state index is 11.8. The lowest BCUT2D eigenvalue weighted by atomic mass is 9.84. The molecule has 5 rings (SSSR count). The SMILES string of the molecule is Cn1cc(-c2cc(-c3ccc(N4CCN(C(=O)O)C(C(C)(C)C)C4)cc3)c3c(C#N)cnn3c2)cn1. The smallest absolute Gasteiger partial charge is 0.407 e. The summed E-state index contributed by atoms with van der Waals surface area (Å²) < 4.78 is 3.51. The molecule has 0 saturated carbocycles. The maximum atomic E-state index is 11.8. The first-order valence-corrected chi connectivity index (χ1v) is 11.9. The van der Waals surface area contributed by atoms with Gasteiger partial charge >= 0.3 is 6.09 Å². The van der Waals surface area contributed by atoms with Crippen LogP contribution in [0.4, 0.5) is 10.5 Å². The Bertz CT molecular complexity index is 1470. The lowest BCUT2D eigenvalue weighted by Crippen LogP contribution is -2.59.